The standard InChI is InChI=1S/C38H56N2O5/c1-2-3-4-5-6-7-8-9-10-15-33(42)40(25-38-22-26-18-27(23-38)20-28(19-26)24-38)31-21-30(37(44)39-16-17-41)34-29-13-11-12-14-32(29)45-36(34)35(31)43/h11-14,21,26-28,31,34-36,41,43H,2-10,15-20,22-25H2,1H3,(H,39,44). The first kappa shape index (κ1) is 32.6. The van der Waals surface area contributed by atoms with E-state index in [1.54, 1.807) is 0 Å². The molecule has 1 heterocycles. The number of hydrogen-bond acceptors (Lipinski definition) is 5. The number of benzene rings is 1. The molecule has 7 nitrogen and oxygen atoms in total. The van der Waals surface area contributed by atoms with Crippen LogP contribution >= 0.6 is 0 Å². The summed E-state index contributed by atoms with van der Waals surface area (Å²) in [6, 6.07) is 7.06. The van der Waals surface area contributed by atoms with E-state index in [-0.39, 0.29) is 30.4 Å². The van der Waals surface area contributed by atoms with Crippen LogP contribution in [0.15, 0.2) is 35.9 Å². The Hall–Kier alpha value is -2.38. The first-order valence-corrected chi connectivity index (χ1v) is 18.2. The quantitative estimate of drug-likeness (QED) is 0.189. The van der Waals surface area contributed by atoms with Gasteiger partial charge in [-0.05, 0) is 80.3 Å². The van der Waals surface area contributed by atoms with Gasteiger partial charge < -0.3 is 25.2 Å². The highest BCUT2D eigenvalue weighted by Crippen LogP contribution is 2.60. The third kappa shape index (κ3) is 7.15. The number of carbonyl (C=O) groups is 2. The SMILES string of the molecule is CCCCCCCCCCCC(=O)N(CC12CC3CC(CC(C3)C1)C2)C1C=C(C(=O)NCCO)C2c3ccccc3OC2C1O. The van der Waals surface area contributed by atoms with Crippen LogP contribution < -0.4 is 10.1 Å². The fraction of sp³-hybridized carbons (Fsp3) is 0.737. The first-order valence-electron chi connectivity index (χ1n) is 18.2. The van der Waals surface area contributed by atoms with Crippen molar-refractivity contribution in [2.24, 2.45) is 23.2 Å². The summed E-state index contributed by atoms with van der Waals surface area (Å²) in [6.45, 7) is 2.90. The van der Waals surface area contributed by atoms with E-state index < -0.39 is 24.2 Å². The molecule has 2 amide bonds. The highest BCUT2D eigenvalue weighted by atomic mass is 16.5. The van der Waals surface area contributed by atoms with Crippen molar-refractivity contribution >= 4 is 11.8 Å². The van der Waals surface area contributed by atoms with Crippen molar-refractivity contribution in [1.82, 2.24) is 10.2 Å². The highest BCUT2D eigenvalue weighted by Gasteiger charge is 2.55. The minimum atomic E-state index is -0.947. The third-order valence-corrected chi connectivity index (χ3v) is 11.7. The summed E-state index contributed by atoms with van der Waals surface area (Å²) in [6.07, 6.45) is 19.1. The van der Waals surface area contributed by atoms with Gasteiger partial charge in [-0.2, -0.15) is 0 Å². The van der Waals surface area contributed by atoms with Gasteiger partial charge in [0.1, 0.15) is 18.0 Å². The maximum atomic E-state index is 14.3. The van der Waals surface area contributed by atoms with Crippen LogP contribution in [0.2, 0.25) is 0 Å². The van der Waals surface area contributed by atoms with E-state index in [0.29, 0.717) is 24.3 Å². The van der Waals surface area contributed by atoms with Crippen LogP contribution in [-0.4, -0.2) is 64.9 Å². The Labute approximate surface area is 270 Å². The lowest BCUT2D eigenvalue weighted by Gasteiger charge is -2.58. The lowest BCUT2D eigenvalue weighted by atomic mass is 9.49. The number of carbonyl (C=O) groups excluding carboxylic acids is 2. The topological polar surface area (TPSA) is 99.1 Å². The fourth-order valence-electron chi connectivity index (χ4n) is 10.1. The van der Waals surface area contributed by atoms with Crippen LogP contribution in [0, 0.1) is 23.2 Å². The minimum Gasteiger partial charge on any atom is -0.486 e. The monoisotopic (exact) mass is 620 g/mol. The number of para-hydroxylation sites is 1. The zero-order valence-corrected chi connectivity index (χ0v) is 27.4. The number of amides is 2. The van der Waals surface area contributed by atoms with Gasteiger partial charge in [-0.3, -0.25) is 9.59 Å². The predicted molar refractivity (Wildman–Crippen MR) is 176 cm³/mol. The summed E-state index contributed by atoms with van der Waals surface area (Å²) in [5, 5.41) is 24.3. The minimum absolute atomic E-state index is 0.0954. The maximum absolute atomic E-state index is 14.3. The molecule has 7 rings (SSSR count). The van der Waals surface area contributed by atoms with Gasteiger partial charge in [0.25, 0.3) is 0 Å². The average molecular weight is 621 g/mol. The van der Waals surface area contributed by atoms with Gasteiger partial charge in [0, 0.05) is 30.6 Å². The molecule has 7 heteroatoms. The second-order valence-corrected chi connectivity index (χ2v) is 15.2. The Bertz CT molecular complexity index is 1180. The second kappa shape index (κ2) is 14.6. The molecule has 1 aromatic rings. The van der Waals surface area contributed by atoms with E-state index in [9.17, 15) is 19.8 Å². The molecule has 4 bridgehead atoms. The first-order chi connectivity index (χ1) is 21.9. The van der Waals surface area contributed by atoms with E-state index in [1.807, 2.05) is 35.2 Å². The molecule has 4 saturated carbocycles. The molecule has 248 valence electrons. The molecule has 6 aliphatic rings. The zero-order chi connectivity index (χ0) is 31.4. The summed E-state index contributed by atoms with van der Waals surface area (Å²) in [7, 11) is 0. The molecule has 1 aliphatic heterocycles. The third-order valence-electron chi connectivity index (χ3n) is 11.7. The molecule has 4 atom stereocenters. The Balaban J connectivity index is 1.23. The molecule has 0 aromatic heterocycles. The number of hydrogen-bond donors (Lipinski definition) is 3. The van der Waals surface area contributed by atoms with E-state index in [2.05, 4.69) is 12.2 Å². The summed E-state index contributed by atoms with van der Waals surface area (Å²) < 4.78 is 6.36. The summed E-state index contributed by atoms with van der Waals surface area (Å²) in [5.74, 6) is 2.37. The molecule has 5 aliphatic carbocycles. The number of aliphatic hydroxyl groups is 2. The Morgan fingerprint density at radius 2 is 1.56 bits per heavy atom. The van der Waals surface area contributed by atoms with Gasteiger partial charge in [-0.15, -0.1) is 0 Å². The van der Waals surface area contributed by atoms with E-state index in [0.717, 1.165) is 42.6 Å². The van der Waals surface area contributed by atoms with Crippen LogP contribution in [-0.2, 0) is 9.59 Å². The number of ether oxygens (including phenoxy) is 1. The van der Waals surface area contributed by atoms with E-state index >= 15 is 0 Å². The largest absolute Gasteiger partial charge is 0.486 e. The Morgan fingerprint density at radius 1 is 0.933 bits per heavy atom. The molecule has 45 heavy (non-hydrogen) atoms. The Morgan fingerprint density at radius 3 is 2.20 bits per heavy atom. The van der Waals surface area contributed by atoms with Crippen LogP contribution in [0.3, 0.4) is 0 Å². The van der Waals surface area contributed by atoms with Crippen LogP contribution in [0.25, 0.3) is 0 Å². The fourth-order valence-corrected chi connectivity index (χ4v) is 10.1. The lowest BCUT2D eigenvalue weighted by molar-refractivity contribution is -0.145. The second-order valence-electron chi connectivity index (χ2n) is 15.2. The van der Waals surface area contributed by atoms with Crippen molar-refractivity contribution in [2.45, 2.75) is 134 Å². The zero-order valence-electron chi connectivity index (χ0n) is 27.4. The van der Waals surface area contributed by atoms with Crippen LogP contribution in [0.1, 0.15) is 121 Å². The number of aliphatic hydroxyl groups excluding tert-OH is 2. The number of rotatable bonds is 16. The molecular weight excluding hydrogens is 564 g/mol. The predicted octanol–water partition coefficient (Wildman–Crippen LogP) is 6.28. The van der Waals surface area contributed by atoms with Gasteiger partial charge in [-0.1, -0.05) is 76.5 Å². The average Bonchev–Trinajstić information content (AvgIpc) is 3.42. The Kier molecular flexibility index (Phi) is 10.6. The molecule has 1 aromatic carbocycles. The van der Waals surface area contributed by atoms with E-state index in [1.165, 1.54) is 77.0 Å². The van der Waals surface area contributed by atoms with Crippen LogP contribution in [0.4, 0.5) is 0 Å². The molecule has 4 unspecified atom stereocenters. The van der Waals surface area contributed by atoms with Crippen molar-refractivity contribution in [2.75, 3.05) is 19.7 Å². The molecule has 4 fully saturated rings. The van der Waals surface area contributed by atoms with Gasteiger partial charge in [0.15, 0.2) is 0 Å². The molecule has 0 spiro atoms. The highest BCUT2D eigenvalue weighted by molar-refractivity contribution is 5.96. The summed E-state index contributed by atoms with van der Waals surface area (Å²) >= 11 is 0. The van der Waals surface area contributed by atoms with Crippen molar-refractivity contribution in [3.63, 3.8) is 0 Å². The number of nitrogens with zero attached hydrogens (tertiary/aromatic N) is 1. The summed E-state index contributed by atoms with van der Waals surface area (Å²) in [5.41, 5.74) is 1.52. The van der Waals surface area contributed by atoms with Crippen LogP contribution in [0.5, 0.6) is 5.75 Å². The van der Waals surface area contributed by atoms with Crippen molar-refractivity contribution < 1.29 is 24.5 Å². The normalized spacial score (nSPS) is 32.4. The van der Waals surface area contributed by atoms with E-state index in [4.69, 9.17) is 4.74 Å². The van der Waals surface area contributed by atoms with Gasteiger partial charge in [0.05, 0.1) is 18.6 Å². The van der Waals surface area contributed by atoms with Gasteiger partial charge >= 0.3 is 0 Å². The van der Waals surface area contributed by atoms with Crippen molar-refractivity contribution in [3.05, 3.63) is 41.5 Å². The number of unbranched alkanes of at least 4 members (excludes halogenated alkanes) is 8. The molecular formula is C38H56N2O5. The van der Waals surface area contributed by atoms with Crippen molar-refractivity contribution in [3.8, 4) is 5.75 Å². The van der Waals surface area contributed by atoms with Crippen molar-refractivity contribution in [1.29, 1.82) is 0 Å². The maximum Gasteiger partial charge on any atom is 0.247 e. The molecule has 0 saturated heterocycles. The van der Waals surface area contributed by atoms with Gasteiger partial charge in [0.2, 0.25) is 11.8 Å². The number of nitrogens with one attached hydrogen (secondary N) is 1. The van der Waals surface area contributed by atoms with Gasteiger partial charge in [-0.25, -0.2) is 0 Å². The number of fused-ring (bicyclic) bond motifs is 3. The molecule has 0 radical (unpaired) electrons. The smallest absolute Gasteiger partial charge is 0.247 e. The molecule has 3 N–H and O–H groups in total. The summed E-state index contributed by atoms with van der Waals surface area (Å²) in [4.78, 5) is 29.9. The lowest BCUT2D eigenvalue weighted by Crippen LogP contribution is -2.59.